The van der Waals surface area contributed by atoms with Gasteiger partial charge in [-0.1, -0.05) is 6.07 Å². The van der Waals surface area contributed by atoms with Gasteiger partial charge in [-0.3, -0.25) is 4.79 Å². The molecule has 0 spiro atoms. The van der Waals surface area contributed by atoms with E-state index in [1.165, 1.54) is 0 Å². The minimum atomic E-state index is -0.0404. The fourth-order valence-electron chi connectivity index (χ4n) is 5.13. The quantitative estimate of drug-likeness (QED) is 0.477. The van der Waals surface area contributed by atoms with E-state index in [-0.39, 0.29) is 11.7 Å². The van der Waals surface area contributed by atoms with Crippen LogP contribution in [-0.4, -0.2) is 70.4 Å². The number of methoxy groups -OCH3 is 4. The van der Waals surface area contributed by atoms with Gasteiger partial charge in [-0.15, -0.1) is 0 Å². The molecule has 1 aliphatic heterocycles. The Hall–Kier alpha value is -4.01. The summed E-state index contributed by atoms with van der Waals surface area (Å²) in [6.45, 7) is 3.28. The lowest BCUT2D eigenvalue weighted by Gasteiger charge is -2.36. The lowest BCUT2D eigenvalue weighted by Crippen LogP contribution is -2.47. The predicted molar refractivity (Wildman–Crippen MR) is 141 cm³/mol. The molecule has 0 radical (unpaired) electrons. The number of Topliss-reactive ketones (excluding diaryl/α,β-unsaturated/α-hetero) is 1. The number of carbonyl (C=O) groups excluding carboxylic acids is 1. The van der Waals surface area contributed by atoms with Crippen LogP contribution in [0, 0.1) is 0 Å². The normalized spacial score (nSPS) is 17.3. The van der Waals surface area contributed by atoms with E-state index in [4.69, 9.17) is 23.9 Å². The zero-order chi connectivity index (χ0) is 25.9. The first-order valence-electron chi connectivity index (χ1n) is 12.4. The maximum Gasteiger partial charge on any atom is 0.225 e. The first-order valence-corrected chi connectivity index (χ1v) is 12.4. The van der Waals surface area contributed by atoms with Crippen LogP contribution in [0.4, 0.5) is 11.6 Å². The van der Waals surface area contributed by atoms with Crippen molar-refractivity contribution in [3.05, 3.63) is 59.4 Å². The Bertz CT molecular complexity index is 1260. The van der Waals surface area contributed by atoms with Gasteiger partial charge in [-0.05, 0) is 42.2 Å². The number of benzene rings is 2. The first kappa shape index (κ1) is 24.7. The van der Waals surface area contributed by atoms with Gasteiger partial charge >= 0.3 is 0 Å². The number of carbonyl (C=O) groups is 1. The summed E-state index contributed by atoms with van der Waals surface area (Å²) in [4.78, 5) is 27.0. The van der Waals surface area contributed by atoms with Gasteiger partial charge in [0.05, 0.1) is 39.7 Å². The molecule has 2 aromatic carbocycles. The zero-order valence-electron chi connectivity index (χ0n) is 21.7. The number of nitrogens with zero attached hydrogens (tertiary/aromatic N) is 4. The highest BCUT2D eigenvalue weighted by Gasteiger charge is 2.30. The number of anilines is 2. The molecule has 2 heterocycles. The van der Waals surface area contributed by atoms with E-state index < -0.39 is 0 Å². The minimum absolute atomic E-state index is 0.0404. The number of ketones is 1. The van der Waals surface area contributed by atoms with Crippen molar-refractivity contribution in [2.24, 2.45) is 0 Å². The highest BCUT2D eigenvalue weighted by molar-refractivity contribution is 5.98. The molecule has 1 aliphatic carbocycles. The summed E-state index contributed by atoms with van der Waals surface area (Å²) in [5, 5.41) is 0. The van der Waals surface area contributed by atoms with Crippen LogP contribution in [-0.2, 0) is 6.42 Å². The molecular formula is C28H32N4O5. The van der Waals surface area contributed by atoms with Crippen LogP contribution in [0.3, 0.4) is 0 Å². The lowest BCUT2D eigenvalue weighted by atomic mass is 9.82. The number of aromatic nitrogens is 2. The molecule has 0 bridgehead atoms. The summed E-state index contributed by atoms with van der Waals surface area (Å²) in [7, 11) is 6.45. The van der Waals surface area contributed by atoms with E-state index >= 15 is 0 Å². The smallest absolute Gasteiger partial charge is 0.225 e. The predicted octanol–water partition coefficient (Wildman–Crippen LogP) is 3.75. The molecule has 1 unspecified atom stereocenters. The second-order valence-corrected chi connectivity index (χ2v) is 9.19. The number of piperazine rings is 1. The third-order valence-corrected chi connectivity index (χ3v) is 7.17. The van der Waals surface area contributed by atoms with Crippen LogP contribution in [0.5, 0.6) is 23.0 Å². The Morgan fingerprint density at radius 2 is 1.54 bits per heavy atom. The number of fused-ring (bicyclic) bond motifs is 1. The maximum absolute atomic E-state index is 13.0. The lowest BCUT2D eigenvalue weighted by molar-refractivity contribution is 0.0962. The SMILES string of the molecule is COc1cccc(N2CCN(c3ncc4c(n3)CC(c3cc(OC)c(OC)c(OC)c3)CC4=O)CC2)c1. The van der Waals surface area contributed by atoms with Crippen molar-refractivity contribution in [1.82, 2.24) is 9.97 Å². The number of hydrogen-bond acceptors (Lipinski definition) is 9. The van der Waals surface area contributed by atoms with Crippen molar-refractivity contribution < 1.29 is 23.7 Å². The second kappa shape index (κ2) is 10.5. The third kappa shape index (κ3) is 4.85. The molecule has 0 amide bonds. The van der Waals surface area contributed by atoms with Crippen molar-refractivity contribution in [3.63, 3.8) is 0 Å². The van der Waals surface area contributed by atoms with Gasteiger partial charge in [0.1, 0.15) is 5.75 Å². The Morgan fingerprint density at radius 1 is 0.838 bits per heavy atom. The Morgan fingerprint density at radius 3 is 2.19 bits per heavy atom. The Labute approximate surface area is 216 Å². The topological polar surface area (TPSA) is 86.2 Å². The van der Waals surface area contributed by atoms with Crippen LogP contribution in [0.15, 0.2) is 42.6 Å². The standard InChI is InChI=1S/C28H32N4O5/c1-34-21-7-5-6-20(16-21)31-8-10-32(11-9-31)28-29-17-22-23(30-28)12-18(13-24(22)33)19-14-25(35-2)27(37-4)26(15-19)36-3/h5-7,14-18H,8-13H2,1-4H3. The minimum Gasteiger partial charge on any atom is -0.497 e. The molecule has 194 valence electrons. The largest absolute Gasteiger partial charge is 0.497 e. The summed E-state index contributed by atoms with van der Waals surface area (Å²) < 4.78 is 21.9. The van der Waals surface area contributed by atoms with E-state index in [9.17, 15) is 4.79 Å². The van der Waals surface area contributed by atoms with Crippen LogP contribution in [0.1, 0.15) is 34.0 Å². The zero-order valence-corrected chi connectivity index (χ0v) is 21.7. The molecule has 2 aliphatic rings. The first-order chi connectivity index (χ1) is 18.0. The van der Waals surface area contributed by atoms with Gasteiger partial charge in [0.15, 0.2) is 17.3 Å². The van der Waals surface area contributed by atoms with Crippen LogP contribution in [0.25, 0.3) is 0 Å². The number of rotatable bonds is 7. The molecule has 1 atom stereocenters. The van der Waals surface area contributed by atoms with Crippen molar-refractivity contribution in [1.29, 1.82) is 0 Å². The number of ether oxygens (including phenoxy) is 4. The summed E-state index contributed by atoms with van der Waals surface area (Å²) in [6, 6.07) is 12.0. The molecule has 3 aromatic rings. The van der Waals surface area contributed by atoms with Crippen molar-refractivity contribution in [2.75, 3.05) is 64.4 Å². The average molecular weight is 505 g/mol. The average Bonchev–Trinajstić information content (AvgIpc) is 2.96. The Kier molecular flexibility index (Phi) is 7.03. The maximum atomic E-state index is 13.0. The van der Waals surface area contributed by atoms with Gasteiger partial charge in [-0.2, -0.15) is 0 Å². The molecule has 0 saturated carbocycles. The monoisotopic (exact) mass is 504 g/mol. The summed E-state index contributed by atoms with van der Waals surface area (Å²) in [5.74, 6) is 3.22. The molecular weight excluding hydrogens is 472 g/mol. The summed E-state index contributed by atoms with van der Waals surface area (Å²) >= 11 is 0. The second-order valence-electron chi connectivity index (χ2n) is 9.19. The number of hydrogen-bond donors (Lipinski definition) is 0. The molecule has 1 fully saturated rings. The summed E-state index contributed by atoms with van der Waals surface area (Å²) in [6.07, 6.45) is 2.71. The fraction of sp³-hybridized carbons (Fsp3) is 0.393. The van der Waals surface area contributed by atoms with Crippen LogP contribution in [0.2, 0.25) is 0 Å². The van der Waals surface area contributed by atoms with Gasteiger partial charge < -0.3 is 28.7 Å². The van der Waals surface area contributed by atoms with E-state index in [0.29, 0.717) is 41.6 Å². The summed E-state index contributed by atoms with van der Waals surface area (Å²) in [5.41, 5.74) is 3.50. The molecule has 1 aromatic heterocycles. The van der Waals surface area contributed by atoms with Gasteiger partial charge in [0, 0.05) is 50.6 Å². The Balaban J connectivity index is 1.34. The van der Waals surface area contributed by atoms with Gasteiger partial charge in [0.2, 0.25) is 11.7 Å². The highest BCUT2D eigenvalue weighted by Crippen LogP contribution is 2.42. The third-order valence-electron chi connectivity index (χ3n) is 7.17. The molecule has 37 heavy (non-hydrogen) atoms. The van der Waals surface area contributed by atoms with Crippen LogP contribution < -0.4 is 28.7 Å². The molecule has 0 N–H and O–H groups in total. The highest BCUT2D eigenvalue weighted by atomic mass is 16.5. The van der Waals surface area contributed by atoms with Gasteiger partial charge in [-0.25, -0.2) is 9.97 Å². The molecule has 9 heteroatoms. The van der Waals surface area contributed by atoms with Gasteiger partial charge in [0.25, 0.3) is 0 Å². The van der Waals surface area contributed by atoms with Crippen molar-refractivity contribution in [2.45, 2.75) is 18.8 Å². The fourth-order valence-corrected chi connectivity index (χ4v) is 5.13. The van der Waals surface area contributed by atoms with E-state index in [1.54, 1.807) is 34.6 Å². The molecule has 5 rings (SSSR count). The molecule has 1 saturated heterocycles. The van der Waals surface area contributed by atoms with E-state index in [2.05, 4.69) is 26.9 Å². The van der Waals surface area contributed by atoms with E-state index in [0.717, 1.165) is 48.9 Å². The molecule has 9 nitrogen and oxygen atoms in total. The van der Waals surface area contributed by atoms with Crippen molar-refractivity contribution >= 4 is 17.4 Å². The van der Waals surface area contributed by atoms with Crippen molar-refractivity contribution in [3.8, 4) is 23.0 Å². The van der Waals surface area contributed by atoms with Crippen LogP contribution >= 0.6 is 0 Å². The van der Waals surface area contributed by atoms with E-state index in [1.807, 2.05) is 24.3 Å².